The Balaban J connectivity index is 4.38. The molecule has 1 N–H and O–H groups in total. The third-order valence-corrected chi connectivity index (χ3v) is 2.36. The van der Waals surface area contributed by atoms with Gasteiger partial charge in [-0.25, -0.2) is 0 Å². The fourth-order valence-corrected chi connectivity index (χ4v) is 1.20. The first-order valence-corrected chi connectivity index (χ1v) is 5.23. The molecule has 0 atom stereocenters. The number of ether oxygens (including phenoxy) is 2. The van der Waals surface area contributed by atoms with Gasteiger partial charge in [-0.2, -0.15) is 0 Å². The van der Waals surface area contributed by atoms with Crippen LogP contribution in [0.25, 0.3) is 0 Å². The lowest BCUT2D eigenvalue weighted by atomic mass is 9.87. The van der Waals surface area contributed by atoms with E-state index in [0.717, 1.165) is 0 Å². The molecular formula is C12H20O4. The van der Waals surface area contributed by atoms with Gasteiger partial charge in [-0.3, -0.25) is 4.79 Å². The maximum Gasteiger partial charge on any atom is 0.314 e. The van der Waals surface area contributed by atoms with Crippen LogP contribution in [0.2, 0.25) is 0 Å². The van der Waals surface area contributed by atoms with Crippen molar-refractivity contribution < 1.29 is 19.4 Å². The molecule has 0 aromatic carbocycles. The summed E-state index contributed by atoms with van der Waals surface area (Å²) in [6, 6.07) is 0. The molecule has 0 unspecified atom stereocenters. The van der Waals surface area contributed by atoms with E-state index in [1.165, 1.54) is 0 Å². The summed E-state index contributed by atoms with van der Waals surface area (Å²) in [7, 11) is 0. The summed E-state index contributed by atoms with van der Waals surface area (Å²) in [4.78, 5) is 11.2. The Bertz CT molecular complexity index is 221. The van der Waals surface area contributed by atoms with Crippen molar-refractivity contribution in [2.75, 3.05) is 26.4 Å². The summed E-state index contributed by atoms with van der Waals surface area (Å²) >= 11 is 0. The van der Waals surface area contributed by atoms with Gasteiger partial charge in [0.15, 0.2) is 0 Å². The molecule has 0 aliphatic heterocycles. The van der Waals surface area contributed by atoms with E-state index in [0.29, 0.717) is 19.6 Å². The van der Waals surface area contributed by atoms with Crippen LogP contribution in [0.1, 0.15) is 13.3 Å². The number of carboxylic acid groups (broad SMARTS) is 1. The van der Waals surface area contributed by atoms with Crippen LogP contribution in [-0.4, -0.2) is 37.5 Å². The van der Waals surface area contributed by atoms with Gasteiger partial charge in [0.1, 0.15) is 5.41 Å². The molecule has 0 heterocycles. The Morgan fingerprint density at radius 1 is 1.25 bits per heavy atom. The zero-order valence-corrected chi connectivity index (χ0v) is 9.78. The SMILES string of the molecule is C=CCOCC(CC)(COCC=C)C(=O)O. The lowest BCUT2D eigenvalue weighted by Gasteiger charge is -2.27. The Labute approximate surface area is 96.6 Å². The van der Waals surface area contributed by atoms with Gasteiger partial charge in [0, 0.05) is 0 Å². The molecule has 0 aliphatic rings. The van der Waals surface area contributed by atoms with Gasteiger partial charge in [-0.15, -0.1) is 13.2 Å². The van der Waals surface area contributed by atoms with Crippen molar-refractivity contribution in [2.45, 2.75) is 13.3 Å². The fourth-order valence-electron chi connectivity index (χ4n) is 1.20. The summed E-state index contributed by atoms with van der Waals surface area (Å²) in [6.07, 6.45) is 3.64. The molecule has 4 heteroatoms. The molecule has 0 saturated carbocycles. The zero-order chi connectivity index (χ0) is 12.4. The molecule has 0 radical (unpaired) electrons. The third-order valence-electron chi connectivity index (χ3n) is 2.36. The number of aliphatic carboxylic acids is 1. The molecule has 0 aromatic heterocycles. The van der Waals surface area contributed by atoms with Crippen molar-refractivity contribution in [2.24, 2.45) is 5.41 Å². The summed E-state index contributed by atoms with van der Waals surface area (Å²) in [5.41, 5.74) is -0.980. The first-order chi connectivity index (χ1) is 7.63. The van der Waals surface area contributed by atoms with Crippen LogP contribution >= 0.6 is 0 Å². The molecule has 92 valence electrons. The quantitative estimate of drug-likeness (QED) is 0.458. The van der Waals surface area contributed by atoms with Crippen LogP contribution in [0.3, 0.4) is 0 Å². The van der Waals surface area contributed by atoms with Gasteiger partial charge in [0.2, 0.25) is 0 Å². The molecule has 0 amide bonds. The molecule has 16 heavy (non-hydrogen) atoms. The zero-order valence-electron chi connectivity index (χ0n) is 9.78. The maximum atomic E-state index is 11.2. The minimum Gasteiger partial charge on any atom is -0.481 e. The summed E-state index contributed by atoms with van der Waals surface area (Å²) in [5.74, 6) is -0.900. The monoisotopic (exact) mass is 228 g/mol. The molecule has 0 bridgehead atoms. The lowest BCUT2D eigenvalue weighted by molar-refractivity contribution is -0.158. The molecule has 4 nitrogen and oxygen atoms in total. The molecule has 0 spiro atoms. The van der Waals surface area contributed by atoms with Crippen molar-refractivity contribution >= 4 is 5.97 Å². The van der Waals surface area contributed by atoms with E-state index >= 15 is 0 Å². The second-order valence-corrected chi connectivity index (χ2v) is 3.55. The van der Waals surface area contributed by atoms with E-state index < -0.39 is 11.4 Å². The van der Waals surface area contributed by atoms with Crippen LogP contribution in [0.4, 0.5) is 0 Å². The summed E-state index contributed by atoms with van der Waals surface area (Å²) in [5, 5.41) is 9.21. The second kappa shape index (κ2) is 8.07. The van der Waals surface area contributed by atoms with Crippen LogP contribution in [0.5, 0.6) is 0 Å². The predicted octanol–water partition coefficient (Wildman–Crippen LogP) is 1.87. The highest BCUT2D eigenvalue weighted by atomic mass is 16.5. The average Bonchev–Trinajstić information content (AvgIpc) is 2.27. The molecule has 0 fully saturated rings. The van der Waals surface area contributed by atoms with Gasteiger partial charge in [-0.1, -0.05) is 19.1 Å². The average molecular weight is 228 g/mol. The van der Waals surface area contributed by atoms with E-state index in [9.17, 15) is 9.90 Å². The van der Waals surface area contributed by atoms with Gasteiger partial charge < -0.3 is 14.6 Å². The van der Waals surface area contributed by atoms with Crippen LogP contribution < -0.4 is 0 Å². The Kier molecular flexibility index (Phi) is 7.50. The van der Waals surface area contributed by atoms with Crippen molar-refractivity contribution in [3.8, 4) is 0 Å². The minimum absolute atomic E-state index is 0.127. The smallest absolute Gasteiger partial charge is 0.314 e. The molecule has 0 aromatic rings. The van der Waals surface area contributed by atoms with Crippen LogP contribution in [-0.2, 0) is 14.3 Å². The highest BCUT2D eigenvalue weighted by Gasteiger charge is 2.37. The van der Waals surface area contributed by atoms with E-state index in [1.807, 2.05) is 6.92 Å². The topological polar surface area (TPSA) is 55.8 Å². The number of carboxylic acids is 1. The van der Waals surface area contributed by atoms with Gasteiger partial charge in [-0.05, 0) is 6.42 Å². The summed E-state index contributed by atoms with van der Waals surface area (Å²) < 4.78 is 10.5. The van der Waals surface area contributed by atoms with Crippen molar-refractivity contribution in [3.63, 3.8) is 0 Å². The third kappa shape index (κ3) is 4.59. The highest BCUT2D eigenvalue weighted by Crippen LogP contribution is 2.23. The van der Waals surface area contributed by atoms with E-state index in [4.69, 9.17) is 9.47 Å². The molecule has 0 rings (SSSR count). The van der Waals surface area contributed by atoms with E-state index in [1.54, 1.807) is 12.2 Å². The number of carbonyl (C=O) groups is 1. The van der Waals surface area contributed by atoms with Crippen molar-refractivity contribution in [3.05, 3.63) is 25.3 Å². The number of hydrogen-bond donors (Lipinski definition) is 1. The van der Waals surface area contributed by atoms with Crippen LogP contribution in [0.15, 0.2) is 25.3 Å². The number of rotatable bonds is 10. The number of hydrogen-bond acceptors (Lipinski definition) is 3. The van der Waals surface area contributed by atoms with Crippen molar-refractivity contribution in [1.82, 2.24) is 0 Å². The minimum atomic E-state index is -0.980. The molecule has 0 aliphatic carbocycles. The van der Waals surface area contributed by atoms with E-state index in [2.05, 4.69) is 13.2 Å². The van der Waals surface area contributed by atoms with Crippen molar-refractivity contribution in [1.29, 1.82) is 0 Å². The predicted molar refractivity (Wildman–Crippen MR) is 62.4 cm³/mol. The fraction of sp³-hybridized carbons (Fsp3) is 0.583. The maximum absolute atomic E-state index is 11.2. The van der Waals surface area contributed by atoms with Gasteiger partial charge in [0.25, 0.3) is 0 Å². The Morgan fingerprint density at radius 2 is 1.69 bits per heavy atom. The highest BCUT2D eigenvalue weighted by molar-refractivity contribution is 5.75. The lowest BCUT2D eigenvalue weighted by Crippen LogP contribution is -2.40. The Hall–Kier alpha value is -1.13. The second-order valence-electron chi connectivity index (χ2n) is 3.55. The van der Waals surface area contributed by atoms with Gasteiger partial charge >= 0.3 is 5.97 Å². The van der Waals surface area contributed by atoms with Gasteiger partial charge in [0.05, 0.1) is 26.4 Å². The van der Waals surface area contributed by atoms with E-state index in [-0.39, 0.29) is 13.2 Å². The molecule has 0 saturated heterocycles. The summed E-state index contributed by atoms with van der Waals surface area (Å²) in [6.45, 7) is 9.77. The van der Waals surface area contributed by atoms with Crippen LogP contribution in [0, 0.1) is 5.41 Å². The molecular weight excluding hydrogens is 208 g/mol. The Morgan fingerprint density at radius 3 is 1.94 bits per heavy atom. The standard InChI is InChI=1S/C12H20O4/c1-4-7-15-9-12(6-3,11(13)14)10-16-8-5-2/h4-5H,1-2,6-10H2,3H3,(H,13,14). The largest absolute Gasteiger partial charge is 0.481 e. The normalized spacial score (nSPS) is 11.1. The first-order valence-electron chi connectivity index (χ1n) is 5.23. The first kappa shape index (κ1) is 14.9.